The Morgan fingerprint density at radius 1 is 0.952 bits per heavy atom. The monoisotopic (exact) mass is 280 g/mol. The predicted molar refractivity (Wildman–Crippen MR) is 80.6 cm³/mol. The number of amides is 1. The van der Waals surface area contributed by atoms with Crippen molar-refractivity contribution >= 4 is 22.4 Å². The van der Waals surface area contributed by atoms with Crippen LogP contribution >= 0.6 is 0 Å². The number of carbonyl (C=O) groups excluding carboxylic acids is 1. The van der Waals surface area contributed by atoms with E-state index in [-0.39, 0.29) is 5.56 Å². The van der Waals surface area contributed by atoms with Gasteiger partial charge in [0.2, 0.25) is 5.88 Å². The van der Waals surface area contributed by atoms with Crippen molar-refractivity contribution in [3.8, 4) is 5.88 Å². The molecule has 1 heterocycles. The molecular formula is C16H12N2O3. The number of rotatable bonds is 2. The summed E-state index contributed by atoms with van der Waals surface area (Å²) in [7, 11) is 0. The fourth-order valence-electron chi connectivity index (χ4n) is 2.21. The number of nitrogens with one attached hydrogen (secondary N) is 2. The molecule has 3 N–H and O–H groups in total. The third kappa shape index (κ3) is 2.36. The van der Waals surface area contributed by atoms with Gasteiger partial charge in [0.25, 0.3) is 11.5 Å². The molecule has 0 fully saturated rings. The minimum Gasteiger partial charge on any atom is -0.494 e. The fourth-order valence-corrected chi connectivity index (χ4v) is 2.21. The second kappa shape index (κ2) is 5.13. The fraction of sp³-hybridized carbons (Fsp3) is 0. The lowest BCUT2D eigenvalue weighted by atomic mass is 10.1. The Morgan fingerprint density at radius 3 is 2.29 bits per heavy atom. The molecule has 0 bridgehead atoms. The first-order chi connectivity index (χ1) is 10.2. The normalized spacial score (nSPS) is 10.5. The molecule has 0 aliphatic heterocycles. The number of anilines is 1. The van der Waals surface area contributed by atoms with Gasteiger partial charge < -0.3 is 10.4 Å². The molecule has 2 aromatic carbocycles. The third-order valence-electron chi connectivity index (χ3n) is 3.17. The summed E-state index contributed by atoms with van der Waals surface area (Å²) >= 11 is 0. The summed E-state index contributed by atoms with van der Waals surface area (Å²) in [5.41, 5.74) is 0.227. The highest BCUT2D eigenvalue weighted by Gasteiger charge is 2.17. The predicted octanol–water partition coefficient (Wildman–Crippen LogP) is 2.49. The SMILES string of the molecule is O=C(Nc1ccccc1)c1c(O)[nH]c(=O)c2ccccc12. The number of aromatic nitrogens is 1. The maximum atomic E-state index is 12.4. The van der Waals surface area contributed by atoms with Gasteiger partial charge in [-0.1, -0.05) is 36.4 Å². The Labute approximate surface area is 119 Å². The van der Waals surface area contributed by atoms with Crippen molar-refractivity contribution in [2.45, 2.75) is 0 Å². The number of para-hydroxylation sites is 1. The minimum atomic E-state index is -0.480. The number of aromatic hydroxyl groups is 1. The molecule has 0 spiro atoms. The molecule has 21 heavy (non-hydrogen) atoms. The van der Waals surface area contributed by atoms with Crippen molar-refractivity contribution in [3.05, 3.63) is 70.5 Å². The molecule has 5 nitrogen and oxygen atoms in total. The molecular weight excluding hydrogens is 268 g/mol. The highest BCUT2D eigenvalue weighted by molar-refractivity contribution is 6.14. The molecule has 0 aliphatic carbocycles. The minimum absolute atomic E-state index is 0.0500. The van der Waals surface area contributed by atoms with Gasteiger partial charge >= 0.3 is 0 Å². The number of hydrogen-bond acceptors (Lipinski definition) is 3. The van der Waals surface area contributed by atoms with Crippen LogP contribution in [0.15, 0.2) is 59.4 Å². The number of fused-ring (bicyclic) bond motifs is 1. The van der Waals surface area contributed by atoms with E-state index >= 15 is 0 Å². The zero-order chi connectivity index (χ0) is 14.8. The van der Waals surface area contributed by atoms with Gasteiger partial charge in [0.05, 0.1) is 0 Å². The van der Waals surface area contributed by atoms with Crippen molar-refractivity contribution in [1.82, 2.24) is 4.98 Å². The van der Waals surface area contributed by atoms with E-state index in [1.807, 2.05) is 6.07 Å². The topological polar surface area (TPSA) is 82.2 Å². The number of H-pyrrole nitrogens is 1. The van der Waals surface area contributed by atoms with Crippen LogP contribution in [0.2, 0.25) is 0 Å². The third-order valence-corrected chi connectivity index (χ3v) is 3.17. The number of pyridine rings is 1. The van der Waals surface area contributed by atoms with Gasteiger partial charge in [0.15, 0.2) is 0 Å². The number of carbonyl (C=O) groups is 1. The van der Waals surface area contributed by atoms with Gasteiger partial charge in [-0.15, -0.1) is 0 Å². The van der Waals surface area contributed by atoms with E-state index in [1.165, 1.54) is 0 Å². The Hall–Kier alpha value is -3.08. The van der Waals surface area contributed by atoms with E-state index in [4.69, 9.17) is 0 Å². The van der Waals surface area contributed by atoms with E-state index in [9.17, 15) is 14.7 Å². The average Bonchev–Trinajstić information content (AvgIpc) is 2.48. The summed E-state index contributed by atoms with van der Waals surface area (Å²) in [6.45, 7) is 0. The Balaban J connectivity index is 2.12. The second-order valence-electron chi connectivity index (χ2n) is 4.54. The molecule has 1 aromatic heterocycles. The highest BCUT2D eigenvalue weighted by Crippen LogP contribution is 2.23. The van der Waals surface area contributed by atoms with Crippen LogP contribution in [0.5, 0.6) is 5.88 Å². The molecule has 0 atom stereocenters. The average molecular weight is 280 g/mol. The molecule has 0 unspecified atom stereocenters. The van der Waals surface area contributed by atoms with Crippen LogP contribution in [0, 0.1) is 0 Å². The maximum Gasteiger partial charge on any atom is 0.261 e. The number of hydrogen-bond donors (Lipinski definition) is 3. The second-order valence-corrected chi connectivity index (χ2v) is 4.54. The molecule has 0 saturated heterocycles. The highest BCUT2D eigenvalue weighted by atomic mass is 16.3. The summed E-state index contributed by atoms with van der Waals surface area (Å²) in [5.74, 6) is -0.918. The van der Waals surface area contributed by atoms with Gasteiger partial charge in [0.1, 0.15) is 5.56 Å². The van der Waals surface area contributed by atoms with Crippen LogP contribution in [0.1, 0.15) is 10.4 Å². The van der Waals surface area contributed by atoms with Gasteiger partial charge in [-0.05, 0) is 18.2 Å². The smallest absolute Gasteiger partial charge is 0.261 e. The van der Waals surface area contributed by atoms with Gasteiger partial charge in [0, 0.05) is 16.5 Å². The summed E-state index contributed by atoms with van der Waals surface area (Å²) < 4.78 is 0. The van der Waals surface area contributed by atoms with Gasteiger partial charge in [-0.2, -0.15) is 0 Å². The first-order valence-electron chi connectivity index (χ1n) is 6.37. The van der Waals surface area contributed by atoms with E-state index in [0.717, 1.165) is 0 Å². The molecule has 0 aliphatic rings. The molecule has 5 heteroatoms. The number of benzene rings is 2. The maximum absolute atomic E-state index is 12.4. The van der Waals surface area contributed by atoms with Crippen molar-refractivity contribution in [2.75, 3.05) is 5.32 Å². The van der Waals surface area contributed by atoms with Crippen LogP contribution in [-0.2, 0) is 0 Å². The van der Waals surface area contributed by atoms with E-state index in [2.05, 4.69) is 10.3 Å². The largest absolute Gasteiger partial charge is 0.494 e. The zero-order valence-electron chi connectivity index (χ0n) is 11.0. The van der Waals surface area contributed by atoms with Crippen molar-refractivity contribution in [2.24, 2.45) is 0 Å². The lowest BCUT2D eigenvalue weighted by molar-refractivity contribution is 0.102. The van der Waals surface area contributed by atoms with Crippen molar-refractivity contribution < 1.29 is 9.90 Å². The summed E-state index contributed by atoms with van der Waals surface area (Å²) in [6.07, 6.45) is 0. The summed E-state index contributed by atoms with van der Waals surface area (Å²) in [5, 5.41) is 13.4. The molecule has 1 amide bonds. The van der Waals surface area contributed by atoms with Crippen molar-refractivity contribution in [3.63, 3.8) is 0 Å². The standard InChI is InChI=1S/C16H12N2O3/c19-14-12-9-5-4-8-11(12)13(16(21)18-14)15(20)17-10-6-2-1-3-7-10/h1-9H,(H,17,20)(H2,18,19,21). The lowest BCUT2D eigenvalue weighted by Gasteiger charge is -2.09. The molecule has 3 aromatic rings. The Kier molecular flexibility index (Phi) is 3.16. The van der Waals surface area contributed by atoms with E-state index in [1.54, 1.807) is 48.5 Å². The van der Waals surface area contributed by atoms with Crippen molar-refractivity contribution in [1.29, 1.82) is 0 Å². The van der Waals surface area contributed by atoms with Crippen LogP contribution in [0.4, 0.5) is 5.69 Å². The first-order valence-corrected chi connectivity index (χ1v) is 6.37. The van der Waals surface area contributed by atoms with E-state index in [0.29, 0.717) is 16.5 Å². The van der Waals surface area contributed by atoms with Gasteiger partial charge in [-0.25, -0.2) is 0 Å². The quantitative estimate of drug-likeness (QED) is 0.674. The zero-order valence-corrected chi connectivity index (χ0v) is 11.0. The van der Waals surface area contributed by atoms with Gasteiger partial charge in [-0.3, -0.25) is 14.6 Å². The van der Waals surface area contributed by atoms with Crippen LogP contribution in [0.25, 0.3) is 10.8 Å². The lowest BCUT2D eigenvalue weighted by Crippen LogP contribution is -2.16. The summed E-state index contributed by atoms with van der Waals surface area (Å²) in [4.78, 5) is 26.4. The van der Waals surface area contributed by atoms with Crippen LogP contribution < -0.4 is 10.9 Å². The van der Waals surface area contributed by atoms with E-state index < -0.39 is 17.3 Å². The molecule has 104 valence electrons. The molecule has 0 saturated carbocycles. The molecule has 0 radical (unpaired) electrons. The first kappa shape index (κ1) is 12.9. The van der Waals surface area contributed by atoms with Crippen LogP contribution in [0.3, 0.4) is 0 Å². The summed E-state index contributed by atoms with van der Waals surface area (Å²) in [6, 6.07) is 15.5. The Morgan fingerprint density at radius 2 is 1.57 bits per heavy atom. The van der Waals surface area contributed by atoms with Crippen LogP contribution in [-0.4, -0.2) is 16.0 Å². The number of aromatic amines is 1. The molecule has 3 rings (SSSR count). The Bertz CT molecular complexity index is 870.